The minimum atomic E-state index is -0.993. The molecule has 0 saturated heterocycles. The number of para-hydroxylation sites is 2. The zero-order valence-corrected chi connectivity index (χ0v) is 20.1. The van der Waals surface area contributed by atoms with Crippen molar-refractivity contribution in [3.63, 3.8) is 0 Å². The van der Waals surface area contributed by atoms with Crippen molar-refractivity contribution in [3.05, 3.63) is 88.8 Å². The Morgan fingerprint density at radius 1 is 0.943 bits per heavy atom. The Hall–Kier alpha value is -4.18. The number of ether oxygens (including phenoxy) is 1. The van der Waals surface area contributed by atoms with Gasteiger partial charge in [-0.2, -0.15) is 0 Å². The van der Waals surface area contributed by atoms with Crippen LogP contribution in [0.5, 0.6) is 5.75 Å². The monoisotopic (exact) mass is 538 g/mol. The number of fused-ring (bicyclic) bond motifs is 1. The van der Waals surface area contributed by atoms with Crippen LogP contribution in [0.25, 0.3) is 10.9 Å². The third-order valence-electron chi connectivity index (χ3n) is 4.95. The fraction of sp³-hybridized carbons (Fsp3) is 0.0800. The fourth-order valence-electron chi connectivity index (χ4n) is 3.38. The summed E-state index contributed by atoms with van der Waals surface area (Å²) in [6, 6.07) is 18.8. The average Bonchev–Trinajstić information content (AvgIpc) is 3.19. The highest BCUT2D eigenvalue weighted by molar-refractivity contribution is 9.10. The molecule has 0 aliphatic carbocycles. The zero-order valence-electron chi connectivity index (χ0n) is 18.5. The maximum Gasteiger partial charge on any atom is 0.328 e. The van der Waals surface area contributed by atoms with Gasteiger partial charge in [0.25, 0.3) is 5.91 Å². The second-order valence-electron chi connectivity index (χ2n) is 7.35. The van der Waals surface area contributed by atoms with Gasteiger partial charge in [-0.05, 0) is 67.6 Å². The molecule has 0 spiro atoms. The van der Waals surface area contributed by atoms with Crippen LogP contribution >= 0.6 is 15.9 Å². The number of carbonyl (C=O) groups is 3. The second kappa shape index (κ2) is 10.4. The van der Waals surface area contributed by atoms with Gasteiger partial charge >= 0.3 is 11.8 Å². The molecule has 0 aliphatic rings. The van der Waals surface area contributed by atoms with Gasteiger partial charge in [-0.15, -0.1) is 0 Å². The van der Waals surface area contributed by atoms with Gasteiger partial charge in [0.15, 0.2) is 0 Å². The molecule has 0 radical (unpaired) electrons. The number of anilines is 2. The quantitative estimate of drug-likeness (QED) is 0.304. The molecule has 3 aromatic carbocycles. The van der Waals surface area contributed by atoms with Crippen LogP contribution in [0.1, 0.15) is 17.4 Å². The minimum Gasteiger partial charge on any atom is -0.492 e. The highest BCUT2D eigenvalue weighted by atomic mass is 79.9. The van der Waals surface area contributed by atoms with Gasteiger partial charge in [0.05, 0.1) is 17.8 Å². The second-order valence-corrected chi connectivity index (χ2v) is 8.27. The molecule has 0 bridgehead atoms. The highest BCUT2D eigenvalue weighted by Gasteiger charge is 2.22. The van der Waals surface area contributed by atoms with Crippen molar-refractivity contribution in [2.24, 2.45) is 0 Å². The zero-order chi connectivity index (χ0) is 24.9. The molecule has 3 amide bonds. The molecular weight excluding hydrogens is 519 g/mol. The molecule has 0 atom stereocenters. The van der Waals surface area contributed by atoms with Crippen LogP contribution in [0.2, 0.25) is 0 Å². The first-order chi connectivity index (χ1) is 16.9. The summed E-state index contributed by atoms with van der Waals surface area (Å²) in [5.74, 6) is -2.52. The number of nitrogens with one attached hydrogen (secondary N) is 3. The molecule has 10 heteroatoms. The molecule has 0 aliphatic heterocycles. The summed E-state index contributed by atoms with van der Waals surface area (Å²) < 4.78 is 20.7. The SMILES string of the molecule is CCOc1ccccc1NC(=O)C(=O)Nn1c(C(=O)Nc2ccc(F)cc2)cc2cc(Br)ccc21. The van der Waals surface area contributed by atoms with E-state index in [9.17, 15) is 18.8 Å². The van der Waals surface area contributed by atoms with Crippen LogP contribution in [-0.4, -0.2) is 29.0 Å². The normalized spacial score (nSPS) is 10.6. The van der Waals surface area contributed by atoms with E-state index in [1.165, 1.54) is 28.9 Å². The van der Waals surface area contributed by atoms with Gasteiger partial charge in [-0.3, -0.25) is 19.8 Å². The van der Waals surface area contributed by atoms with E-state index in [1.54, 1.807) is 55.5 Å². The number of carbonyl (C=O) groups excluding carboxylic acids is 3. The van der Waals surface area contributed by atoms with Gasteiger partial charge < -0.3 is 15.4 Å². The topological polar surface area (TPSA) is 101 Å². The summed E-state index contributed by atoms with van der Waals surface area (Å²) in [7, 11) is 0. The molecule has 0 unspecified atom stereocenters. The number of hydrogen-bond donors (Lipinski definition) is 3. The Kier molecular flexibility index (Phi) is 7.11. The molecule has 4 aromatic rings. The Labute approximate surface area is 208 Å². The number of amides is 3. The molecule has 178 valence electrons. The van der Waals surface area contributed by atoms with E-state index in [2.05, 4.69) is 32.0 Å². The van der Waals surface area contributed by atoms with Gasteiger partial charge in [0, 0.05) is 15.5 Å². The number of hydrogen-bond acceptors (Lipinski definition) is 4. The molecular formula is C25H20BrFN4O4. The smallest absolute Gasteiger partial charge is 0.328 e. The lowest BCUT2D eigenvalue weighted by Crippen LogP contribution is -2.36. The van der Waals surface area contributed by atoms with E-state index in [0.29, 0.717) is 34.6 Å². The van der Waals surface area contributed by atoms with Crippen LogP contribution in [-0.2, 0) is 9.59 Å². The van der Waals surface area contributed by atoms with E-state index < -0.39 is 23.5 Å². The molecule has 8 nitrogen and oxygen atoms in total. The van der Waals surface area contributed by atoms with E-state index in [0.717, 1.165) is 4.47 Å². The standard InChI is InChI=1S/C25H20BrFN4O4/c1-2-35-22-6-4-3-5-19(22)29-24(33)25(34)30-31-20-12-7-16(26)13-15(20)14-21(31)23(32)28-18-10-8-17(27)9-11-18/h3-14H,2H2,1H3,(H,28,32)(H,29,33)(H,30,34). The van der Waals surface area contributed by atoms with Crippen molar-refractivity contribution >= 4 is 55.9 Å². The number of rotatable bonds is 6. The number of aromatic nitrogens is 1. The fourth-order valence-corrected chi connectivity index (χ4v) is 3.76. The number of halogens is 2. The highest BCUT2D eigenvalue weighted by Crippen LogP contribution is 2.25. The van der Waals surface area contributed by atoms with E-state index in [-0.39, 0.29) is 5.69 Å². The van der Waals surface area contributed by atoms with Gasteiger partial charge in [-0.1, -0.05) is 28.1 Å². The van der Waals surface area contributed by atoms with Crippen LogP contribution in [0.4, 0.5) is 15.8 Å². The van der Waals surface area contributed by atoms with Crippen molar-refractivity contribution in [2.45, 2.75) is 6.92 Å². The average molecular weight is 539 g/mol. The first kappa shape index (κ1) is 24.0. The molecule has 4 rings (SSSR count). The Morgan fingerprint density at radius 2 is 1.69 bits per heavy atom. The summed E-state index contributed by atoms with van der Waals surface area (Å²) >= 11 is 3.39. The lowest BCUT2D eigenvalue weighted by Gasteiger charge is -2.14. The Bertz CT molecular complexity index is 1420. The van der Waals surface area contributed by atoms with Gasteiger partial charge in [-0.25, -0.2) is 9.07 Å². The maximum absolute atomic E-state index is 13.2. The van der Waals surface area contributed by atoms with Crippen molar-refractivity contribution in [1.82, 2.24) is 4.68 Å². The predicted octanol–water partition coefficient (Wildman–Crippen LogP) is 4.90. The molecule has 35 heavy (non-hydrogen) atoms. The first-order valence-corrected chi connectivity index (χ1v) is 11.4. The largest absolute Gasteiger partial charge is 0.492 e. The summed E-state index contributed by atoms with van der Waals surface area (Å²) in [5.41, 5.74) is 3.76. The Balaban J connectivity index is 1.61. The van der Waals surface area contributed by atoms with E-state index >= 15 is 0 Å². The van der Waals surface area contributed by atoms with Crippen molar-refractivity contribution in [3.8, 4) is 5.75 Å². The lowest BCUT2D eigenvalue weighted by molar-refractivity contribution is -0.133. The minimum absolute atomic E-state index is 0.0679. The summed E-state index contributed by atoms with van der Waals surface area (Å²) in [4.78, 5) is 38.5. The molecule has 0 fully saturated rings. The first-order valence-electron chi connectivity index (χ1n) is 10.6. The predicted molar refractivity (Wildman–Crippen MR) is 135 cm³/mol. The molecule has 1 aromatic heterocycles. The van der Waals surface area contributed by atoms with Crippen LogP contribution < -0.4 is 20.8 Å². The van der Waals surface area contributed by atoms with Crippen LogP contribution in [0.3, 0.4) is 0 Å². The third-order valence-corrected chi connectivity index (χ3v) is 5.45. The van der Waals surface area contributed by atoms with Gasteiger partial charge in [0.1, 0.15) is 17.3 Å². The van der Waals surface area contributed by atoms with Crippen LogP contribution in [0, 0.1) is 5.82 Å². The number of benzene rings is 3. The van der Waals surface area contributed by atoms with E-state index in [4.69, 9.17) is 4.74 Å². The summed E-state index contributed by atoms with van der Waals surface area (Å²) in [6.45, 7) is 2.19. The summed E-state index contributed by atoms with van der Waals surface area (Å²) in [5, 5.41) is 5.83. The Morgan fingerprint density at radius 3 is 2.43 bits per heavy atom. The molecule has 1 heterocycles. The van der Waals surface area contributed by atoms with Gasteiger partial charge in [0.2, 0.25) is 0 Å². The number of nitrogens with zero attached hydrogens (tertiary/aromatic N) is 1. The lowest BCUT2D eigenvalue weighted by atomic mass is 10.2. The van der Waals surface area contributed by atoms with Crippen molar-refractivity contribution in [1.29, 1.82) is 0 Å². The van der Waals surface area contributed by atoms with Crippen molar-refractivity contribution < 1.29 is 23.5 Å². The molecule has 0 saturated carbocycles. The maximum atomic E-state index is 13.2. The van der Waals surface area contributed by atoms with E-state index in [1.807, 2.05) is 0 Å². The van der Waals surface area contributed by atoms with Crippen molar-refractivity contribution in [2.75, 3.05) is 22.7 Å². The summed E-state index contributed by atoms with van der Waals surface area (Å²) in [6.07, 6.45) is 0. The van der Waals surface area contributed by atoms with Crippen LogP contribution in [0.15, 0.2) is 77.3 Å². The molecule has 3 N–H and O–H groups in total. The third kappa shape index (κ3) is 5.49.